The number of phenols is 1. The average molecular weight is 354 g/mol. The molecule has 134 valence electrons. The van der Waals surface area contributed by atoms with Crippen LogP contribution in [0.25, 0.3) is 22.3 Å². The van der Waals surface area contributed by atoms with Gasteiger partial charge in [0.2, 0.25) is 0 Å². The first-order valence-corrected chi connectivity index (χ1v) is 8.19. The minimum atomic E-state index is -0.865. The largest absolute Gasteiger partial charge is 0.507 e. The number of ether oxygens (including phenoxy) is 2. The lowest BCUT2D eigenvalue weighted by Crippen LogP contribution is -2.26. The van der Waals surface area contributed by atoms with Crippen molar-refractivity contribution in [1.82, 2.24) is 0 Å². The average Bonchev–Trinajstić information content (AvgIpc) is 2.62. The number of fused-ring (bicyclic) bond motifs is 1. The second kappa shape index (κ2) is 7.31. The highest BCUT2D eigenvalue weighted by atomic mass is 16.6. The van der Waals surface area contributed by atoms with Crippen molar-refractivity contribution in [3.05, 3.63) is 58.8 Å². The first-order chi connectivity index (χ1) is 12.5. The van der Waals surface area contributed by atoms with E-state index < -0.39 is 12.1 Å². The molecule has 6 heteroatoms. The maximum Gasteiger partial charge on any atom is 0.347 e. The number of hydrogen-bond acceptors (Lipinski definition) is 6. The van der Waals surface area contributed by atoms with Crippen LogP contribution < -0.4 is 10.2 Å². The zero-order valence-corrected chi connectivity index (χ0v) is 14.4. The molecule has 1 heterocycles. The number of rotatable bonds is 5. The van der Waals surface area contributed by atoms with E-state index in [4.69, 9.17) is 13.9 Å². The second-order valence-corrected chi connectivity index (χ2v) is 5.67. The van der Waals surface area contributed by atoms with Crippen LogP contribution in [0.3, 0.4) is 0 Å². The molecule has 1 N–H and O–H groups in total. The molecule has 0 aliphatic rings. The summed E-state index contributed by atoms with van der Waals surface area (Å²) in [6.07, 6.45) is -0.865. The van der Waals surface area contributed by atoms with Gasteiger partial charge in [-0.1, -0.05) is 30.3 Å². The highest BCUT2D eigenvalue weighted by Gasteiger charge is 2.18. The van der Waals surface area contributed by atoms with Crippen molar-refractivity contribution in [3.63, 3.8) is 0 Å². The number of phenolic OH excluding ortho intramolecular Hbond substituents is 1. The summed E-state index contributed by atoms with van der Waals surface area (Å²) in [7, 11) is 0. The Morgan fingerprint density at radius 2 is 1.92 bits per heavy atom. The minimum absolute atomic E-state index is 0.0563. The van der Waals surface area contributed by atoms with E-state index in [0.29, 0.717) is 5.76 Å². The SMILES string of the molecule is CCOC(=O)[C@H](C)Oc1cc(O)c2c(=O)cc(-c3ccccc3)oc2c1. The van der Waals surface area contributed by atoms with Crippen LogP contribution >= 0.6 is 0 Å². The van der Waals surface area contributed by atoms with Crippen LogP contribution in [0.15, 0.2) is 57.7 Å². The number of aromatic hydroxyl groups is 1. The van der Waals surface area contributed by atoms with Crippen molar-refractivity contribution in [3.8, 4) is 22.8 Å². The topological polar surface area (TPSA) is 86.0 Å². The Labute approximate surface area is 149 Å². The Kier molecular flexibility index (Phi) is 4.93. The standard InChI is InChI=1S/C20H18O6/c1-3-24-20(23)12(2)25-14-9-15(21)19-16(22)11-17(26-18(19)10-14)13-7-5-4-6-8-13/h4-12,21H,3H2,1-2H3/t12-/m0/s1. The third kappa shape index (κ3) is 3.54. The molecule has 0 unspecified atom stereocenters. The monoisotopic (exact) mass is 354 g/mol. The molecule has 0 aliphatic carbocycles. The third-order valence-corrected chi connectivity index (χ3v) is 3.77. The molecule has 1 aromatic heterocycles. The Balaban J connectivity index is 2.03. The maximum atomic E-state index is 12.4. The molecule has 0 spiro atoms. The van der Waals surface area contributed by atoms with Crippen molar-refractivity contribution in [2.75, 3.05) is 6.61 Å². The van der Waals surface area contributed by atoms with Gasteiger partial charge in [0.1, 0.15) is 28.2 Å². The molecule has 3 rings (SSSR count). The molecule has 0 fully saturated rings. The van der Waals surface area contributed by atoms with E-state index in [1.807, 2.05) is 30.3 Å². The molecular formula is C20H18O6. The lowest BCUT2D eigenvalue weighted by Gasteiger charge is -2.14. The molecule has 0 bridgehead atoms. The highest BCUT2D eigenvalue weighted by molar-refractivity contribution is 5.86. The van der Waals surface area contributed by atoms with E-state index in [-0.39, 0.29) is 34.5 Å². The van der Waals surface area contributed by atoms with Crippen LogP contribution in [-0.2, 0) is 9.53 Å². The number of carbonyl (C=O) groups excluding carboxylic acids is 1. The van der Waals surface area contributed by atoms with Crippen molar-refractivity contribution >= 4 is 16.9 Å². The smallest absolute Gasteiger partial charge is 0.347 e. The van der Waals surface area contributed by atoms with Gasteiger partial charge in [-0.2, -0.15) is 0 Å². The molecule has 26 heavy (non-hydrogen) atoms. The van der Waals surface area contributed by atoms with E-state index in [2.05, 4.69) is 0 Å². The summed E-state index contributed by atoms with van der Waals surface area (Å²) in [5.74, 6) is -0.226. The Morgan fingerprint density at radius 3 is 2.62 bits per heavy atom. The lowest BCUT2D eigenvalue weighted by atomic mass is 10.1. The molecule has 2 aromatic carbocycles. The number of hydrogen-bond donors (Lipinski definition) is 1. The summed E-state index contributed by atoms with van der Waals surface area (Å²) in [6, 6.07) is 13.2. The van der Waals surface area contributed by atoms with Gasteiger partial charge in [-0.15, -0.1) is 0 Å². The molecule has 0 saturated heterocycles. The zero-order chi connectivity index (χ0) is 18.7. The van der Waals surface area contributed by atoms with Crippen LogP contribution in [0.2, 0.25) is 0 Å². The van der Waals surface area contributed by atoms with Crippen LogP contribution in [0.1, 0.15) is 13.8 Å². The van der Waals surface area contributed by atoms with E-state index >= 15 is 0 Å². The predicted molar refractivity (Wildman–Crippen MR) is 96.3 cm³/mol. The quantitative estimate of drug-likeness (QED) is 0.706. The first-order valence-electron chi connectivity index (χ1n) is 8.19. The fraction of sp³-hybridized carbons (Fsp3) is 0.200. The lowest BCUT2D eigenvalue weighted by molar-refractivity contribution is -0.150. The van der Waals surface area contributed by atoms with Gasteiger partial charge in [0, 0.05) is 23.8 Å². The Morgan fingerprint density at radius 1 is 1.19 bits per heavy atom. The second-order valence-electron chi connectivity index (χ2n) is 5.67. The van der Waals surface area contributed by atoms with Crippen molar-refractivity contribution in [2.45, 2.75) is 20.0 Å². The first kappa shape index (κ1) is 17.5. The molecular weight excluding hydrogens is 336 g/mol. The van der Waals surface area contributed by atoms with Gasteiger partial charge in [0.25, 0.3) is 0 Å². The van der Waals surface area contributed by atoms with Crippen molar-refractivity contribution < 1.29 is 23.8 Å². The van der Waals surface area contributed by atoms with Gasteiger partial charge in [-0.3, -0.25) is 4.79 Å². The zero-order valence-electron chi connectivity index (χ0n) is 14.4. The van der Waals surface area contributed by atoms with Crippen molar-refractivity contribution in [2.24, 2.45) is 0 Å². The van der Waals surface area contributed by atoms with Crippen LogP contribution in [0.4, 0.5) is 0 Å². The molecule has 1 atom stereocenters. The van der Waals surface area contributed by atoms with Gasteiger partial charge in [0.15, 0.2) is 11.5 Å². The van der Waals surface area contributed by atoms with E-state index in [9.17, 15) is 14.7 Å². The van der Waals surface area contributed by atoms with Gasteiger partial charge >= 0.3 is 5.97 Å². The minimum Gasteiger partial charge on any atom is -0.507 e. The van der Waals surface area contributed by atoms with Gasteiger partial charge in [-0.05, 0) is 13.8 Å². The van der Waals surface area contributed by atoms with E-state index in [1.54, 1.807) is 6.92 Å². The van der Waals surface area contributed by atoms with E-state index in [1.165, 1.54) is 25.1 Å². The van der Waals surface area contributed by atoms with Crippen LogP contribution in [0, 0.1) is 0 Å². The summed E-state index contributed by atoms with van der Waals surface area (Å²) in [5.41, 5.74) is 0.534. The molecule has 3 aromatic rings. The van der Waals surface area contributed by atoms with Gasteiger partial charge < -0.3 is 19.0 Å². The van der Waals surface area contributed by atoms with Crippen LogP contribution in [0.5, 0.6) is 11.5 Å². The molecule has 0 amide bonds. The highest BCUT2D eigenvalue weighted by Crippen LogP contribution is 2.31. The Hall–Kier alpha value is -3.28. The molecule has 0 saturated carbocycles. The molecule has 0 radical (unpaired) electrons. The summed E-state index contributed by atoms with van der Waals surface area (Å²) >= 11 is 0. The summed E-state index contributed by atoms with van der Waals surface area (Å²) < 4.78 is 16.2. The number of benzene rings is 2. The van der Waals surface area contributed by atoms with Gasteiger partial charge in [0.05, 0.1) is 6.61 Å². The van der Waals surface area contributed by atoms with Crippen molar-refractivity contribution in [1.29, 1.82) is 0 Å². The fourth-order valence-corrected chi connectivity index (χ4v) is 2.57. The van der Waals surface area contributed by atoms with Crippen LogP contribution in [-0.4, -0.2) is 23.8 Å². The normalized spacial score (nSPS) is 11.9. The Bertz CT molecular complexity index is 990. The van der Waals surface area contributed by atoms with Gasteiger partial charge in [-0.25, -0.2) is 4.79 Å². The summed E-state index contributed by atoms with van der Waals surface area (Å²) in [6.45, 7) is 3.48. The fourth-order valence-electron chi connectivity index (χ4n) is 2.57. The maximum absolute atomic E-state index is 12.4. The molecule has 6 nitrogen and oxygen atoms in total. The predicted octanol–water partition coefficient (Wildman–Crippen LogP) is 3.50. The molecule has 0 aliphatic heterocycles. The summed E-state index contributed by atoms with van der Waals surface area (Å²) in [4.78, 5) is 24.1. The third-order valence-electron chi connectivity index (χ3n) is 3.77. The summed E-state index contributed by atoms with van der Waals surface area (Å²) in [5, 5.41) is 10.2. The van der Waals surface area contributed by atoms with E-state index in [0.717, 1.165) is 5.56 Å². The number of carbonyl (C=O) groups is 1. The number of esters is 1.